The van der Waals surface area contributed by atoms with Crippen LogP contribution in [0.2, 0.25) is 0 Å². The monoisotopic (exact) mass is 258 g/mol. The highest BCUT2D eigenvalue weighted by Gasteiger charge is 2.58. The van der Waals surface area contributed by atoms with E-state index in [-0.39, 0.29) is 0 Å². The van der Waals surface area contributed by atoms with Gasteiger partial charge in [0.2, 0.25) is 0 Å². The molecule has 11 heteroatoms. The van der Waals surface area contributed by atoms with Gasteiger partial charge in [-0.2, -0.15) is 39.5 Å². The molecule has 0 aromatic rings. The maximum absolute atomic E-state index is 10.4. The standard InChI is InChI=1S/C2F6.C2HF5/c3-1(4,5)2(6,7)8;3-1(4)2(5,6)7/h;1H. The quantitative estimate of drug-likeness (QED) is 0.577. The largest absolute Gasteiger partial charge is 0.487 e. The Hall–Kier alpha value is -0.770. The van der Waals surface area contributed by atoms with Crippen LogP contribution < -0.4 is 0 Å². The molecule has 0 radical (unpaired) electrons. The van der Waals surface area contributed by atoms with E-state index in [0.717, 1.165) is 0 Å². The minimum Gasteiger partial charge on any atom is -0.200 e. The fraction of sp³-hybridized carbons (Fsp3) is 1.00. The van der Waals surface area contributed by atoms with E-state index in [2.05, 4.69) is 0 Å². The summed E-state index contributed by atoms with van der Waals surface area (Å²) in [6, 6.07) is 0. The average Bonchev–Trinajstić information content (AvgIpc) is 1.80. The van der Waals surface area contributed by atoms with Crippen molar-refractivity contribution >= 4 is 0 Å². The van der Waals surface area contributed by atoms with Crippen LogP contribution in [-0.4, -0.2) is 25.0 Å². The third-order valence-electron chi connectivity index (χ3n) is 0.569. The summed E-state index contributed by atoms with van der Waals surface area (Å²) in [6.45, 7) is 0. The first kappa shape index (κ1) is 16.7. The zero-order valence-corrected chi connectivity index (χ0v) is 6.23. The molecule has 15 heavy (non-hydrogen) atoms. The molecule has 0 rings (SSSR count). The summed E-state index contributed by atoms with van der Waals surface area (Å²) in [5.41, 5.74) is 0. The molecule has 0 aliphatic carbocycles. The topological polar surface area (TPSA) is 0 Å². The van der Waals surface area contributed by atoms with E-state index in [4.69, 9.17) is 0 Å². The maximum atomic E-state index is 10.4. The Kier molecular flexibility index (Phi) is 5.37. The number of hydrogen-bond donors (Lipinski definition) is 0. The Morgan fingerprint density at radius 3 is 0.667 bits per heavy atom. The Morgan fingerprint density at radius 1 is 0.533 bits per heavy atom. The summed E-state index contributed by atoms with van der Waals surface area (Å²) >= 11 is 0. The first-order valence-electron chi connectivity index (χ1n) is 2.68. The molecule has 0 unspecified atom stereocenters. The van der Waals surface area contributed by atoms with Crippen LogP contribution in [0.5, 0.6) is 0 Å². The first-order valence-corrected chi connectivity index (χ1v) is 2.68. The van der Waals surface area contributed by atoms with E-state index < -0.39 is 25.0 Å². The summed E-state index contributed by atoms with van der Waals surface area (Å²) in [4.78, 5) is 0. The molecule has 0 bridgehead atoms. The van der Waals surface area contributed by atoms with Crippen molar-refractivity contribution in [3.05, 3.63) is 0 Å². The second-order valence-electron chi connectivity index (χ2n) is 1.84. The summed E-state index contributed by atoms with van der Waals surface area (Å²) in [5, 5.41) is 0. The van der Waals surface area contributed by atoms with Gasteiger partial charge in [0, 0.05) is 0 Å². The fourth-order valence-electron chi connectivity index (χ4n) is 0. The predicted octanol–water partition coefficient (Wildman–Crippen LogP) is 3.92. The number of halogens is 11. The molecule has 0 N–H and O–H groups in total. The van der Waals surface area contributed by atoms with Crippen LogP contribution in [0.25, 0.3) is 0 Å². The van der Waals surface area contributed by atoms with Crippen LogP contribution in [-0.2, 0) is 0 Å². The van der Waals surface area contributed by atoms with E-state index >= 15 is 0 Å². The van der Waals surface area contributed by atoms with Crippen LogP contribution in [0.4, 0.5) is 48.3 Å². The SMILES string of the molecule is FC(F)(F)C(F)(F)F.FC(F)C(F)(F)F. The molecular formula is C4HF11. The molecule has 0 saturated heterocycles. The van der Waals surface area contributed by atoms with Gasteiger partial charge in [-0.05, 0) is 0 Å². The fourth-order valence-corrected chi connectivity index (χ4v) is 0. The van der Waals surface area contributed by atoms with E-state index in [9.17, 15) is 48.3 Å². The van der Waals surface area contributed by atoms with Gasteiger partial charge in [0.25, 0.3) is 0 Å². The minimum atomic E-state index is -6.06. The van der Waals surface area contributed by atoms with E-state index in [1.54, 1.807) is 0 Å². The summed E-state index contributed by atoms with van der Waals surface area (Å²) < 4.78 is 115. The highest BCUT2D eigenvalue weighted by Crippen LogP contribution is 2.35. The van der Waals surface area contributed by atoms with Crippen molar-refractivity contribution in [3.8, 4) is 0 Å². The van der Waals surface area contributed by atoms with Crippen molar-refractivity contribution in [2.45, 2.75) is 25.0 Å². The van der Waals surface area contributed by atoms with Crippen molar-refractivity contribution in [3.63, 3.8) is 0 Å². The maximum Gasteiger partial charge on any atom is 0.487 e. The second-order valence-corrected chi connectivity index (χ2v) is 1.84. The highest BCUT2D eigenvalue weighted by molar-refractivity contribution is 4.59. The highest BCUT2D eigenvalue weighted by atomic mass is 19.5. The lowest BCUT2D eigenvalue weighted by Gasteiger charge is -2.08. The molecule has 0 fully saturated rings. The number of rotatable bonds is 0. The van der Waals surface area contributed by atoms with Crippen LogP contribution >= 0.6 is 0 Å². The van der Waals surface area contributed by atoms with Crippen molar-refractivity contribution in [2.75, 3.05) is 0 Å². The third-order valence-corrected chi connectivity index (χ3v) is 0.569. The molecular weight excluding hydrogens is 257 g/mol. The van der Waals surface area contributed by atoms with Crippen molar-refractivity contribution in [1.82, 2.24) is 0 Å². The van der Waals surface area contributed by atoms with E-state index in [0.29, 0.717) is 0 Å². The lowest BCUT2D eigenvalue weighted by Crippen LogP contribution is -2.30. The van der Waals surface area contributed by atoms with Crippen LogP contribution in [0.3, 0.4) is 0 Å². The molecule has 0 aliphatic heterocycles. The molecule has 0 aliphatic rings. The lowest BCUT2D eigenvalue weighted by molar-refractivity contribution is -0.339. The first-order chi connectivity index (χ1) is 6.19. The molecule has 0 aromatic carbocycles. The lowest BCUT2D eigenvalue weighted by atomic mass is 10.7. The normalized spacial score (nSPS) is 13.6. The van der Waals surface area contributed by atoms with Gasteiger partial charge >= 0.3 is 25.0 Å². The smallest absolute Gasteiger partial charge is 0.200 e. The van der Waals surface area contributed by atoms with Gasteiger partial charge in [0.15, 0.2) is 0 Å². The average molecular weight is 258 g/mol. The minimum absolute atomic E-state index is 4.20. The molecule has 0 aromatic heterocycles. The Bertz CT molecular complexity index is 154. The third kappa shape index (κ3) is 8.24. The molecule has 0 amide bonds. The summed E-state index contributed by atoms with van der Waals surface area (Å²) in [6.07, 6.45) is -21.7. The molecule has 0 spiro atoms. The predicted molar refractivity (Wildman–Crippen MR) is 24.2 cm³/mol. The van der Waals surface area contributed by atoms with Crippen LogP contribution in [0, 0.1) is 0 Å². The number of alkyl halides is 11. The van der Waals surface area contributed by atoms with Crippen LogP contribution in [0.15, 0.2) is 0 Å². The van der Waals surface area contributed by atoms with Crippen molar-refractivity contribution in [1.29, 1.82) is 0 Å². The zero-order chi connectivity index (χ0) is 13.1. The van der Waals surface area contributed by atoms with Gasteiger partial charge in [-0.15, -0.1) is 0 Å². The Balaban J connectivity index is 0. The van der Waals surface area contributed by atoms with Gasteiger partial charge in [-0.1, -0.05) is 0 Å². The van der Waals surface area contributed by atoms with E-state index in [1.165, 1.54) is 0 Å². The van der Waals surface area contributed by atoms with Crippen LogP contribution in [0.1, 0.15) is 0 Å². The number of hydrogen-bond acceptors (Lipinski definition) is 0. The van der Waals surface area contributed by atoms with Crippen molar-refractivity contribution in [2.24, 2.45) is 0 Å². The molecule has 94 valence electrons. The Morgan fingerprint density at radius 2 is 0.667 bits per heavy atom. The van der Waals surface area contributed by atoms with Crippen molar-refractivity contribution < 1.29 is 48.3 Å². The second kappa shape index (κ2) is 4.84. The molecule has 0 heterocycles. The zero-order valence-electron chi connectivity index (χ0n) is 6.23. The van der Waals surface area contributed by atoms with Gasteiger partial charge in [-0.3, -0.25) is 0 Å². The molecule has 0 nitrogen and oxygen atoms in total. The van der Waals surface area contributed by atoms with Gasteiger partial charge < -0.3 is 0 Å². The molecule has 0 atom stereocenters. The van der Waals surface area contributed by atoms with Gasteiger partial charge in [0.05, 0.1) is 0 Å². The van der Waals surface area contributed by atoms with Gasteiger partial charge in [-0.25, -0.2) is 8.78 Å². The molecule has 0 saturated carbocycles. The van der Waals surface area contributed by atoms with Gasteiger partial charge in [0.1, 0.15) is 0 Å². The Labute approximate surface area is 74.7 Å². The van der Waals surface area contributed by atoms with E-state index in [1.807, 2.05) is 0 Å². The summed E-state index contributed by atoms with van der Waals surface area (Å²) in [7, 11) is 0. The summed E-state index contributed by atoms with van der Waals surface area (Å²) in [5.74, 6) is 0.